The van der Waals surface area contributed by atoms with Crippen LogP contribution >= 0.6 is 23.2 Å². The molecule has 0 aliphatic rings. The Balaban J connectivity index is 3.21. The molecule has 1 aromatic rings. The van der Waals surface area contributed by atoms with Gasteiger partial charge in [-0.15, -0.1) is 0 Å². The van der Waals surface area contributed by atoms with Gasteiger partial charge in [0, 0.05) is 0 Å². The van der Waals surface area contributed by atoms with Crippen molar-refractivity contribution >= 4 is 35.8 Å². The molecule has 1 rings (SSSR count). The standard InChI is InChI=1S/C6H5BCl2O3/c8-4-1-3(7(11)12)2-5(9)6(4)10/h1-2,10-12H. The van der Waals surface area contributed by atoms with Gasteiger partial charge in [0.1, 0.15) is 0 Å². The minimum Gasteiger partial charge on any atom is -0.505 e. The highest BCUT2D eigenvalue weighted by Crippen LogP contribution is 2.29. The summed E-state index contributed by atoms with van der Waals surface area (Å²) in [7, 11) is -1.64. The molecule has 0 radical (unpaired) electrons. The van der Waals surface area contributed by atoms with E-state index in [1.807, 2.05) is 0 Å². The second kappa shape index (κ2) is 3.54. The van der Waals surface area contributed by atoms with E-state index in [-0.39, 0.29) is 21.3 Å². The van der Waals surface area contributed by atoms with Gasteiger partial charge in [0.2, 0.25) is 0 Å². The molecular formula is C6H5BCl2O3. The van der Waals surface area contributed by atoms with E-state index in [0.29, 0.717) is 0 Å². The molecule has 0 spiro atoms. The van der Waals surface area contributed by atoms with Crippen molar-refractivity contribution in [2.45, 2.75) is 0 Å². The average molecular weight is 207 g/mol. The van der Waals surface area contributed by atoms with E-state index in [2.05, 4.69) is 0 Å². The molecule has 0 bridgehead atoms. The van der Waals surface area contributed by atoms with Crippen LogP contribution in [0.1, 0.15) is 0 Å². The van der Waals surface area contributed by atoms with Crippen LogP contribution in [-0.2, 0) is 0 Å². The zero-order valence-corrected chi connectivity index (χ0v) is 7.34. The molecule has 0 amide bonds. The monoisotopic (exact) mass is 206 g/mol. The second-order valence-corrected chi connectivity index (χ2v) is 3.02. The highest BCUT2D eigenvalue weighted by Gasteiger charge is 2.15. The van der Waals surface area contributed by atoms with Crippen molar-refractivity contribution in [1.82, 2.24) is 0 Å². The van der Waals surface area contributed by atoms with Gasteiger partial charge in [0.15, 0.2) is 5.75 Å². The molecule has 0 heterocycles. The fourth-order valence-corrected chi connectivity index (χ4v) is 1.24. The van der Waals surface area contributed by atoms with Crippen LogP contribution in [0, 0.1) is 0 Å². The zero-order chi connectivity index (χ0) is 9.30. The molecule has 0 aliphatic carbocycles. The number of hydrogen-bond acceptors (Lipinski definition) is 3. The Morgan fingerprint density at radius 3 is 1.83 bits per heavy atom. The van der Waals surface area contributed by atoms with Crippen LogP contribution in [0.3, 0.4) is 0 Å². The van der Waals surface area contributed by atoms with Crippen LogP contribution in [0.4, 0.5) is 0 Å². The molecule has 0 aromatic heterocycles. The first-order valence-electron chi connectivity index (χ1n) is 3.06. The fourth-order valence-electron chi connectivity index (χ4n) is 0.734. The predicted molar refractivity (Wildman–Crippen MR) is 48.0 cm³/mol. The van der Waals surface area contributed by atoms with E-state index in [0.717, 1.165) is 0 Å². The van der Waals surface area contributed by atoms with Crippen molar-refractivity contribution < 1.29 is 15.2 Å². The van der Waals surface area contributed by atoms with Crippen LogP contribution in [0.5, 0.6) is 5.75 Å². The van der Waals surface area contributed by atoms with Gasteiger partial charge < -0.3 is 15.2 Å². The number of phenols is 1. The van der Waals surface area contributed by atoms with Crippen molar-refractivity contribution in [3.63, 3.8) is 0 Å². The first-order chi connectivity index (χ1) is 5.52. The van der Waals surface area contributed by atoms with E-state index < -0.39 is 7.12 Å². The molecule has 3 nitrogen and oxygen atoms in total. The average Bonchev–Trinajstić information content (AvgIpc) is 1.99. The topological polar surface area (TPSA) is 60.7 Å². The van der Waals surface area contributed by atoms with Gasteiger partial charge in [-0.25, -0.2) is 0 Å². The smallest absolute Gasteiger partial charge is 0.488 e. The molecule has 0 saturated carbocycles. The Kier molecular flexibility index (Phi) is 2.85. The van der Waals surface area contributed by atoms with Gasteiger partial charge in [-0.2, -0.15) is 0 Å². The summed E-state index contributed by atoms with van der Waals surface area (Å²) in [5, 5.41) is 26.5. The Labute approximate surface area is 79.3 Å². The molecule has 64 valence electrons. The van der Waals surface area contributed by atoms with E-state index in [9.17, 15) is 0 Å². The lowest BCUT2D eigenvalue weighted by Crippen LogP contribution is -2.29. The molecule has 0 fully saturated rings. The Morgan fingerprint density at radius 2 is 1.50 bits per heavy atom. The maximum atomic E-state index is 9.09. The molecule has 6 heteroatoms. The lowest BCUT2D eigenvalue weighted by molar-refractivity contribution is 0.425. The third-order valence-electron chi connectivity index (χ3n) is 1.34. The summed E-state index contributed by atoms with van der Waals surface area (Å²) in [4.78, 5) is 0. The van der Waals surface area contributed by atoms with Gasteiger partial charge >= 0.3 is 7.12 Å². The Bertz CT molecular complexity index is 280. The van der Waals surface area contributed by atoms with Gasteiger partial charge in [0.25, 0.3) is 0 Å². The van der Waals surface area contributed by atoms with E-state index >= 15 is 0 Å². The summed E-state index contributed by atoms with van der Waals surface area (Å²) >= 11 is 11.0. The van der Waals surface area contributed by atoms with Crippen LogP contribution < -0.4 is 5.46 Å². The lowest BCUT2D eigenvalue weighted by Gasteiger charge is -2.03. The van der Waals surface area contributed by atoms with Crippen LogP contribution in [-0.4, -0.2) is 22.3 Å². The summed E-state index contributed by atoms with van der Waals surface area (Å²) in [5.41, 5.74) is 0.141. The summed E-state index contributed by atoms with van der Waals surface area (Å²) in [6.45, 7) is 0. The molecule has 0 saturated heterocycles. The maximum absolute atomic E-state index is 9.09. The highest BCUT2D eigenvalue weighted by molar-refractivity contribution is 6.59. The largest absolute Gasteiger partial charge is 0.505 e. The van der Waals surface area contributed by atoms with E-state index in [4.69, 9.17) is 38.4 Å². The first-order valence-corrected chi connectivity index (χ1v) is 3.82. The Hall–Kier alpha value is -0.415. The SMILES string of the molecule is OB(O)c1cc(Cl)c(O)c(Cl)c1. The van der Waals surface area contributed by atoms with Crippen molar-refractivity contribution in [2.75, 3.05) is 0 Å². The summed E-state index contributed by atoms with van der Waals surface area (Å²) in [6.07, 6.45) is 0. The maximum Gasteiger partial charge on any atom is 0.488 e. The number of phenolic OH excluding ortho intramolecular Hbond substituents is 1. The highest BCUT2D eigenvalue weighted by atomic mass is 35.5. The summed E-state index contributed by atoms with van der Waals surface area (Å²) < 4.78 is 0. The molecule has 1 aromatic carbocycles. The zero-order valence-electron chi connectivity index (χ0n) is 5.83. The summed E-state index contributed by atoms with van der Waals surface area (Å²) in [5.74, 6) is -0.261. The quantitative estimate of drug-likeness (QED) is 0.583. The predicted octanol–water partition coefficient (Wildman–Crippen LogP) is 0.379. The third kappa shape index (κ3) is 1.84. The number of halogens is 2. The molecule has 3 N–H and O–H groups in total. The lowest BCUT2D eigenvalue weighted by atomic mass is 9.80. The van der Waals surface area contributed by atoms with Crippen molar-refractivity contribution in [3.05, 3.63) is 22.2 Å². The molecule has 0 aliphatic heterocycles. The molecule has 0 unspecified atom stereocenters. The van der Waals surface area contributed by atoms with Gasteiger partial charge in [-0.05, 0) is 17.6 Å². The Morgan fingerprint density at radius 1 is 1.08 bits per heavy atom. The van der Waals surface area contributed by atoms with E-state index in [1.54, 1.807) is 0 Å². The first kappa shape index (κ1) is 9.67. The minimum atomic E-state index is -1.64. The van der Waals surface area contributed by atoms with Gasteiger partial charge in [-0.1, -0.05) is 23.2 Å². The van der Waals surface area contributed by atoms with Gasteiger partial charge in [-0.3, -0.25) is 0 Å². The van der Waals surface area contributed by atoms with Crippen molar-refractivity contribution in [3.8, 4) is 5.75 Å². The third-order valence-corrected chi connectivity index (χ3v) is 1.91. The number of rotatable bonds is 1. The van der Waals surface area contributed by atoms with E-state index in [1.165, 1.54) is 12.1 Å². The molecular weight excluding hydrogens is 202 g/mol. The number of aromatic hydroxyl groups is 1. The minimum absolute atomic E-state index is 0.00870. The van der Waals surface area contributed by atoms with Crippen molar-refractivity contribution in [2.24, 2.45) is 0 Å². The van der Waals surface area contributed by atoms with Crippen LogP contribution in [0.15, 0.2) is 12.1 Å². The second-order valence-electron chi connectivity index (χ2n) is 2.21. The number of hydrogen-bond donors (Lipinski definition) is 3. The molecule has 0 atom stereocenters. The molecule has 12 heavy (non-hydrogen) atoms. The van der Waals surface area contributed by atoms with Crippen LogP contribution in [0.2, 0.25) is 10.0 Å². The number of benzene rings is 1. The summed E-state index contributed by atoms with van der Waals surface area (Å²) in [6, 6.07) is 2.46. The van der Waals surface area contributed by atoms with Gasteiger partial charge in [0.05, 0.1) is 10.0 Å². The van der Waals surface area contributed by atoms with Crippen molar-refractivity contribution in [1.29, 1.82) is 0 Å². The fraction of sp³-hybridized carbons (Fsp3) is 0. The normalized spacial score (nSPS) is 10.0. The van der Waals surface area contributed by atoms with Crippen LogP contribution in [0.25, 0.3) is 0 Å².